The lowest BCUT2D eigenvalue weighted by molar-refractivity contribution is 0.0671. The molecule has 2 aromatic heterocycles. The van der Waals surface area contributed by atoms with Crippen molar-refractivity contribution < 1.29 is 9.21 Å². The van der Waals surface area contributed by atoms with E-state index in [9.17, 15) is 4.79 Å². The Balaban J connectivity index is 1.77. The Morgan fingerprint density at radius 3 is 2.95 bits per heavy atom. The predicted molar refractivity (Wildman–Crippen MR) is 72.4 cm³/mol. The molecule has 0 unspecified atom stereocenters. The minimum atomic E-state index is 0.0455. The molecule has 1 aliphatic heterocycles. The van der Waals surface area contributed by atoms with E-state index in [2.05, 4.69) is 10.1 Å². The van der Waals surface area contributed by atoms with E-state index in [1.807, 2.05) is 29.5 Å². The number of aromatic nitrogens is 3. The van der Waals surface area contributed by atoms with Crippen molar-refractivity contribution in [1.29, 1.82) is 0 Å². The summed E-state index contributed by atoms with van der Waals surface area (Å²) in [6.45, 7) is 5.15. The van der Waals surface area contributed by atoms with Gasteiger partial charge in [-0.1, -0.05) is 0 Å². The summed E-state index contributed by atoms with van der Waals surface area (Å²) in [5.41, 5.74) is 0.668. The maximum absolute atomic E-state index is 12.6. The Kier molecular flexibility index (Phi) is 3.30. The maximum atomic E-state index is 12.6. The lowest BCUT2D eigenvalue weighted by Crippen LogP contribution is -2.40. The number of hydrogen-bond donors (Lipinski definition) is 0. The summed E-state index contributed by atoms with van der Waals surface area (Å²) < 4.78 is 7.29. The fourth-order valence-electron chi connectivity index (χ4n) is 2.77. The van der Waals surface area contributed by atoms with Gasteiger partial charge in [-0.2, -0.15) is 5.10 Å². The maximum Gasteiger partial charge on any atom is 0.257 e. The lowest BCUT2D eigenvalue weighted by atomic mass is 10.0. The van der Waals surface area contributed by atoms with E-state index in [0.29, 0.717) is 17.9 Å². The summed E-state index contributed by atoms with van der Waals surface area (Å²) in [5, 5.41) is 4.18. The number of piperidine rings is 1. The van der Waals surface area contributed by atoms with Crippen LogP contribution in [-0.4, -0.2) is 38.7 Å². The highest BCUT2D eigenvalue weighted by molar-refractivity contribution is 5.95. The number of hydrogen-bond acceptors (Lipinski definition) is 4. The first-order valence-electron chi connectivity index (χ1n) is 6.85. The van der Waals surface area contributed by atoms with Crippen molar-refractivity contribution in [3.8, 4) is 0 Å². The zero-order valence-electron chi connectivity index (χ0n) is 11.7. The lowest BCUT2D eigenvalue weighted by Gasteiger charge is -2.32. The molecule has 2 aromatic rings. The van der Waals surface area contributed by atoms with Crippen molar-refractivity contribution in [3.63, 3.8) is 0 Å². The van der Waals surface area contributed by atoms with Crippen LogP contribution in [0.3, 0.4) is 0 Å². The molecule has 0 radical (unpaired) electrons. The van der Waals surface area contributed by atoms with Crippen LogP contribution in [0.15, 0.2) is 23.1 Å². The summed E-state index contributed by atoms with van der Waals surface area (Å²) in [5.74, 6) is 1.51. The van der Waals surface area contributed by atoms with Crippen LogP contribution in [0.2, 0.25) is 0 Å². The number of likely N-dealkylation sites (tertiary alicyclic amines) is 1. The summed E-state index contributed by atoms with van der Waals surface area (Å²) in [4.78, 5) is 18.4. The van der Waals surface area contributed by atoms with Gasteiger partial charge in [-0.05, 0) is 32.8 Å². The van der Waals surface area contributed by atoms with Crippen LogP contribution in [0.4, 0.5) is 0 Å². The first-order valence-corrected chi connectivity index (χ1v) is 6.85. The molecule has 1 saturated heterocycles. The SMILES string of the molecule is Cc1cc(C(=O)N2CCC[C@@H](n3cncn3)C2)c(C)o1. The smallest absolute Gasteiger partial charge is 0.257 e. The molecule has 0 spiro atoms. The second kappa shape index (κ2) is 5.11. The molecular formula is C14H18N4O2. The van der Waals surface area contributed by atoms with E-state index in [0.717, 1.165) is 25.1 Å². The predicted octanol–water partition coefficient (Wildman–Crippen LogP) is 1.97. The molecule has 106 valence electrons. The Bertz CT molecular complexity index is 603. The van der Waals surface area contributed by atoms with E-state index < -0.39 is 0 Å². The molecule has 1 fully saturated rings. The molecule has 0 aliphatic carbocycles. The van der Waals surface area contributed by atoms with Gasteiger partial charge in [0.15, 0.2) is 0 Å². The van der Waals surface area contributed by atoms with E-state index in [-0.39, 0.29) is 11.9 Å². The Labute approximate surface area is 117 Å². The molecule has 20 heavy (non-hydrogen) atoms. The van der Waals surface area contributed by atoms with Gasteiger partial charge in [-0.15, -0.1) is 0 Å². The third-order valence-corrected chi connectivity index (χ3v) is 3.77. The molecule has 3 heterocycles. The van der Waals surface area contributed by atoms with Crippen LogP contribution >= 0.6 is 0 Å². The first kappa shape index (κ1) is 12.9. The van der Waals surface area contributed by atoms with Crippen molar-refractivity contribution >= 4 is 5.91 Å². The minimum absolute atomic E-state index is 0.0455. The zero-order valence-corrected chi connectivity index (χ0v) is 11.7. The van der Waals surface area contributed by atoms with Gasteiger partial charge in [0.2, 0.25) is 0 Å². The van der Waals surface area contributed by atoms with Crippen LogP contribution in [-0.2, 0) is 0 Å². The molecule has 1 aliphatic rings. The zero-order chi connectivity index (χ0) is 14.1. The summed E-state index contributed by atoms with van der Waals surface area (Å²) >= 11 is 0. The quantitative estimate of drug-likeness (QED) is 0.839. The molecule has 1 amide bonds. The third kappa shape index (κ3) is 2.33. The average molecular weight is 274 g/mol. The highest BCUT2D eigenvalue weighted by Crippen LogP contribution is 2.23. The molecule has 3 rings (SSSR count). The third-order valence-electron chi connectivity index (χ3n) is 3.77. The van der Waals surface area contributed by atoms with Crippen LogP contribution in [0.5, 0.6) is 0 Å². The number of aryl methyl sites for hydroxylation is 2. The normalized spacial score (nSPS) is 19.3. The van der Waals surface area contributed by atoms with Crippen LogP contribution in [0, 0.1) is 13.8 Å². The molecule has 6 nitrogen and oxygen atoms in total. The Morgan fingerprint density at radius 1 is 1.45 bits per heavy atom. The van der Waals surface area contributed by atoms with E-state index in [1.165, 1.54) is 6.33 Å². The van der Waals surface area contributed by atoms with Gasteiger partial charge < -0.3 is 9.32 Å². The second-order valence-electron chi connectivity index (χ2n) is 5.25. The highest BCUT2D eigenvalue weighted by Gasteiger charge is 2.27. The largest absolute Gasteiger partial charge is 0.466 e. The molecule has 0 saturated carbocycles. The molecule has 0 bridgehead atoms. The van der Waals surface area contributed by atoms with Gasteiger partial charge >= 0.3 is 0 Å². The number of carbonyl (C=O) groups is 1. The molecule has 0 aromatic carbocycles. The van der Waals surface area contributed by atoms with Crippen molar-refractivity contribution in [2.45, 2.75) is 32.7 Å². The monoisotopic (exact) mass is 274 g/mol. The number of furan rings is 1. The number of nitrogens with zero attached hydrogens (tertiary/aromatic N) is 4. The molecular weight excluding hydrogens is 256 g/mol. The second-order valence-corrected chi connectivity index (χ2v) is 5.25. The van der Waals surface area contributed by atoms with Crippen LogP contribution < -0.4 is 0 Å². The fourth-order valence-corrected chi connectivity index (χ4v) is 2.77. The van der Waals surface area contributed by atoms with E-state index in [4.69, 9.17) is 4.42 Å². The Hall–Kier alpha value is -2.11. The summed E-state index contributed by atoms with van der Waals surface area (Å²) in [6, 6.07) is 2.03. The molecule has 1 atom stereocenters. The fraction of sp³-hybridized carbons (Fsp3) is 0.500. The van der Waals surface area contributed by atoms with E-state index >= 15 is 0 Å². The van der Waals surface area contributed by atoms with Gasteiger partial charge in [-0.3, -0.25) is 4.79 Å². The highest BCUT2D eigenvalue weighted by atomic mass is 16.3. The van der Waals surface area contributed by atoms with E-state index in [1.54, 1.807) is 6.33 Å². The standard InChI is InChI=1S/C14H18N4O2/c1-10-6-13(11(2)20-10)14(19)17-5-3-4-12(7-17)18-9-15-8-16-18/h6,8-9,12H,3-5,7H2,1-2H3/t12-/m1/s1. The Morgan fingerprint density at radius 2 is 2.30 bits per heavy atom. The van der Waals surface area contributed by atoms with Crippen molar-refractivity contribution in [2.24, 2.45) is 0 Å². The number of rotatable bonds is 2. The van der Waals surface area contributed by atoms with Crippen molar-refractivity contribution in [3.05, 3.63) is 35.8 Å². The number of carbonyl (C=O) groups excluding carboxylic acids is 1. The van der Waals surface area contributed by atoms with Gasteiger partial charge in [-0.25, -0.2) is 9.67 Å². The molecule has 6 heteroatoms. The number of amides is 1. The summed E-state index contributed by atoms with van der Waals surface area (Å²) in [7, 11) is 0. The van der Waals surface area contributed by atoms with Gasteiger partial charge in [0.25, 0.3) is 5.91 Å². The van der Waals surface area contributed by atoms with Crippen molar-refractivity contribution in [2.75, 3.05) is 13.1 Å². The topological polar surface area (TPSA) is 64.2 Å². The van der Waals surface area contributed by atoms with Gasteiger partial charge in [0.05, 0.1) is 11.6 Å². The van der Waals surface area contributed by atoms with Crippen LogP contribution in [0.25, 0.3) is 0 Å². The van der Waals surface area contributed by atoms with Crippen molar-refractivity contribution in [1.82, 2.24) is 19.7 Å². The first-order chi connectivity index (χ1) is 9.65. The average Bonchev–Trinajstić information content (AvgIpc) is 3.08. The van der Waals surface area contributed by atoms with Crippen LogP contribution in [0.1, 0.15) is 40.8 Å². The van der Waals surface area contributed by atoms with Gasteiger partial charge in [0.1, 0.15) is 24.2 Å². The van der Waals surface area contributed by atoms with Gasteiger partial charge in [0, 0.05) is 13.1 Å². The minimum Gasteiger partial charge on any atom is -0.466 e. The molecule has 0 N–H and O–H groups in total. The summed E-state index contributed by atoms with van der Waals surface area (Å²) in [6.07, 6.45) is 5.25.